The van der Waals surface area contributed by atoms with Crippen LogP contribution in [-0.4, -0.2) is 34.5 Å². The normalized spacial score (nSPS) is 10.8. The van der Waals surface area contributed by atoms with Crippen LogP contribution in [0.15, 0.2) is 36.4 Å². The number of benzene rings is 2. The molecule has 0 fully saturated rings. The van der Waals surface area contributed by atoms with Gasteiger partial charge in [0.2, 0.25) is 0 Å². The number of hydrogen-bond donors (Lipinski definition) is 2. The van der Waals surface area contributed by atoms with Gasteiger partial charge in [-0.1, -0.05) is 17.7 Å². The molecule has 0 spiro atoms. The maximum absolute atomic E-state index is 12.1. The third-order valence-electron chi connectivity index (χ3n) is 4.02. The zero-order chi connectivity index (χ0) is 17.6. The first-order chi connectivity index (χ1) is 12.1. The number of rotatable bonds is 7. The Bertz CT molecular complexity index is 873. The van der Waals surface area contributed by atoms with Gasteiger partial charge in [-0.3, -0.25) is 4.79 Å². The molecule has 0 aliphatic rings. The summed E-state index contributed by atoms with van der Waals surface area (Å²) in [4.78, 5) is 12.1. The summed E-state index contributed by atoms with van der Waals surface area (Å²) >= 11 is 0. The lowest BCUT2D eigenvalue weighted by Gasteiger charge is -2.10. The molecule has 0 aliphatic carbocycles. The monoisotopic (exact) mass is 338 g/mol. The molecule has 2 N–H and O–H groups in total. The molecule has 6 heteroatoms. The van der Waals surface area contributed by atoms with Crippen LogP contribution in [-0.2, 0) is 0 Å². The summed E-state index contributed by atoms with van der Waals surface area (Å²) < 4.78 is 5.79. The molecule has 0 saturated heterocycles. The van der Waals surface area contributed by atoms with Crippen molar-refractivity contribution in [3.8, 4) is 5.75 Å². The fraction of sp³-hybridized carbons (Fsp3) is 0.316. The zero-order valence-corrected chi connectivity index (χ0v) is 14.5. The van der Waals surface area contributed by atoms with Gasteiger partial charge in [-0.25, -0.2) is 0 Å². The fourth-order valence-electron chi connectivity index (χ4n) is 2.66. The Hall–Kier alpha value is -2.89. The van der Waals surface area contributed by atoms with Crippen LogP contribution >= 0.6 is 0 Å². The third-order valence-corrected chi connectivity index (χ3v) is 4.02. The quantitative estimate of drug-likeness (QED) is 0.649. The number of nitrogens with one attached hydrogen (secondary N) is 2. The number of ether oxygens (including phenoxy) is 1. The Labute approximate surface area is 146 Å². The van der Waals surface area contributed by atoms with Gasteiger partial charge in [-0.2, -0.15) is 15.4 Å². The topological polar surface area (TPSA) is 79.9 Å². The molecular formula is C19H22N4O2. The summed E-state index contributed by atoms with van der Waals surface area (Å²) in [5, 5.41) is 13.4. The predicted octanol–water partition coefficient (Wildman–Crippen LogP) is 3.16. The van der Waals surface area contributed by atoms with E-state index in [4.69, 9.17) is 4.74 Å². The van der Waals surface area contributed by atoms with E-state index in [1.165, 1.54) is 5.56 Å². The number of aromatic amines is 1. The van der Waals surface area contributed by atoms with E-state index in [0.717, 1.165) is 29.7 Å². The number of H-pyrrole nitrogens is 1. The van der Waals surface area contributed by atoms with Crippen LogP contribution in [0.4, 0.5) is 0 Å². The van der Waals surface area contributed by atoms with Crippen LogP contribution in [0.25, 0.3) is 11.0 Å². The van der Waals surface area contributed by atoms with Crippen molar-refractivity contribution in [1.82, 2.24) is 20.7 Å². The minimum Gasteiger partial charge on any atom is -0.493 e. The van der Waals surface area contributed by atoms with Crippen LogP contribution in [0, 0.1) is 13.8 Å². The first-order valence-electron chi connectivity index (χ1n) is 8.42. The maximum atomic E-state index is 12.1. The Kier molecular flexibility index (Phi) is 5.28. The van der Waals surface area contributed by atoms with Crippen LogP contribution in [0.2, 0.25) is 0 Å². The molecule has 6 nitrogen and oxygen atoms in total. The second kappa shape index (κ2) is 7.79. The smallest absolute Gasteiger partial charge is 0.251 e. The van der Waals surface area contributed by atoms with E-state index >= 15 is 0 Å². The second-order valence-electron chi connectivity index (χ2n) is 6.11. The molecule has 130 valence electrons. The molecule has 0 bridgehead atoms. The van der Waals surface area contributed by atoms with E-state index in [-0.39, 0.29) is 5.91 Å². The maximum Gasteiger partial charge on any atom is 0.251 e. The number of aryl methyl sites for hydroxylation is 2. The molecule has 0 atom stereocenters. The van der Waals surface area contributed by atoms with Crippen molar-refractivity contribution in [2.24, 2.45) is 0 Å². The van der Waals surface area contributed by atoms with Crippen LogP contribution in [0.3, 0.4) is 0 Å². The highest BCUT2D eigenvalue weighted by molar-refractivity contribution is 5.97. The number of carbonyl (C=O) groups excluding carboxylic acids is 1. The number of aromatic nitrogens is 3. The molecule has 0 aliphatic heterocycles. The van der Waals surface area contributed by atoms with Gasteiger partial charge in [-0.15, -0.1) is 0 Å². The van der Waals surface area contributed by atoms with Gasteiger partial charge in [0.15, 0.2) is 0 Å². The van der Waals surface area contributed by atoms with E-state index < -0.39 is 0 Å². The Morgan fingerprint density at radius 1 is 1.08 bits per heavy atom. The summed E-state index contributed by atoms with van der Waals surface area (Å²) in [6.45, 7) is 5.38. The number of fused-ring (bicyclic) bond motifs is 1. The van der Waals surface area contributed by atoms with E-state index in [0.29, 0.717) is 24.2 Å². The Balaban J connectivity index is 1.38. The lowest BCUT2D eigenvalue weighted by atomic mass is 10.1. The molecule has 0 radical (unpaired) electrons. The standard InChI is InChI=1S/C19H22N4O2/c1-13-5-8-18(14(2)11-13)25-10-4-3-9-20-19(24)15-6-7-16-17(12-15)22-23-21-16/h5-8,11-12H,3-4,9-10H2,1-2H3,(H,20,24)(H,21,22,23). The lowest BCUT2D eigenvalue weighted by Crippen LogP contribution is -2.24. The van der Waals surface area contributed by atoms with Crippen LogP contribution in [0.1, 0.15) is 34.3 Å². The highest BCUT2D eigenvalue weighted by atomic mass is 16.5. The highest BCUT2D eigenvalue weighted by Gasteiger charge is 2.07. The van der Waals surface area contributed by atoms with Crippen molar-refractivity contribution in [1.29, 1.82) is 0 Å². The first-order valence-corrected chi connectivity index (χ1v) is 8.42. The van der Waals surface area contributed by atoms with Gasteiger partial charge >= 0.3 is 0 Å². The predicted molar refractivity (Wildman–Crippen MR) is 96.9 cm³/mol. The van der Waals surface area contributed by atoms with E-state index in [9.17, 15) is 4.79 Å². The van der Waals surface area contributed by atoms with Gasteiger partial charge in [0.25, 0.3) is 5.91 Å². The van der Waals surface area contributed by atoms with Crippen LogP contribution < -0.4 is 10.1 Å². The van der Waals surface area contributed by atoms with Gasteiger partial charge in [-0.05, 0) is 56.5 Å². The summed E-state index contributed by atoms with van der Waals surface area (Å²) in [6.07, 6.45) is 1.75. The molecule has 0 unspecified atom stereocenters. The van der Waals surface area contributed by atoms with Gasteiger partial charge in [0, 0.05) is 12.1 Å². The number of amides is 1. The number of carbonyl (C=O) groups is 1. The number of nitrogens with zero attached hydrogens (tertiary/aromatic N) is 2. The molecule has 3 aromatic rings. The second-order valence-corrected chi connectivity index (χ2v) is 6.11. The van der Waals surface area contributed by atoms with E-state index in [1.54, 1.807) is 18.2 Å². The Morgan fingerprint density at radius 3 is 2.76 bits per heavy atom. The molecule has 1 heterocycles. The van der Waals surface area contributed by atoms with Crippen molar-refractivity contribution in [3.05, 3.63) is 53.1 Å². The average molecular weight is 338 g/mol. The van der Waals surface area contributed by atoms with Crippen molar-refractivity contribution in [2.45, 2.75) is 26.7 Å². The molecule has 2 aromatic carbocycles. The molecule has 0 saturated carbocycles. The summed E-state index contributed by atoms with van der Waals surface area (Å²) in [5.74, 6) is 0.829. The minimum atomic E-state index is -0.0970. The zero-order valence-electron chi connectivity index (χ0n) is 14.5. The summed E-state index contributed by atoms with van der Waals surface area (Å²) in [5.41, 5.74) is 4.41. The molecule has 1 aromatic heterocycles. The van der Waals surface area contributed by atoms with E-state index in [2.05, 4.69) is 33.7 Å². The minimum absolute atomic E-state index is 0.0970. The van der Waals surface area contributed by atoms with E-state index in [1.807, 2.05) is 19.1 Å². The average Bonchev–Trinajstić information content (AvgIpc) is 3.07. The van der Waals surface area contributed by atoms with Gasteiger partial charge in [0.05, 0.1) is 6.61 Å². The number of hydrogen-bond acceptors (Lipinski definition) is 4. The lowest BCUT2D eigenvalue weighted by molar-refractivity contribution is 0.0952. The third kappa shape index (κ3) is 4.35. The van der Waals surface area contributed by atoms with Gasteiger partial charge in [0.1, 0.15) is 16.8 Å². The summed E-state index contributed by atoms with van der Waals surface area (Å²) in [7, 11) is 0. The van der Waals surface area contributed by atoms with Crippen molar-refractivity contribution < 1.29 is 9.53 Å². The molecular weight excluding hydrogens is 316 g/mol. The SMILES string of the molecule is Cc1ccc(OCCCCNC(=O)c2ccc3n[nH]nc3c2)c(C)c1. The molecule has 3 rings (SSSR count). The first kappa shape index (κ1) is 17.0. The molecule has 1 amide bonds. The van der Waals surface area contributed by atoms with Crippen molar-refractivity contribution in [3.63, 3.8) is 0 Å². The highest BCUT2D eigenvalue weighted by Crippen LogP contribution is 2.18. The molecule has 25 heavy (non-hydrogen) atoms. The largest absolute Gasteiger partial charge is 0.493 e. The number of unbranched alkanes of at least 4 members (excludes halogenated alkanes) is 1. The van der Waals surface area contributed by atoms with Crippen LogP contribution in [0.5, 0.6) is 5.75 Å². The Morgan fingerprint density at radius 2 is 1.92 bits per heavy atom. The van der Waals surface area contributed by atoms with Gasteiger partial charge < -0.3 is 10.1 Å². The summed E-state index contributed by atoms with van der Waals surface area (Å²) in [6, 6.07) is 11.4. The fourth-order valence-corrected chi connectivity index (χ4v) is 2.66. The van der Waals surface area contributed by atoms with Crippen molar-refractivity contribution in [2.75, 3.05) is 13.2 Å². The van der Waals surface area contributed by atoms with Crippen molar-refractivity contribution >= 4 is 16.9 Å².